The summed E-state index contributed by atoms with van der Waals surface area (Å²) in [6, 6.07) is 0. The Morgan fingerprint density at radius 1 is 1.38 bits per heavy atom. The van der Waals surface area contributed by atoms with Crippen LogP contribution in [0, 0.1) is 5.92 Å². The van der Waals surface area contributed by atoms with Crippen molar-refractivity contribution >= 4 is 5.97 Å². The van der Waals surface area contributed by atoms with E-state index in [1.807, 2.05) is 14.0 Å². The van der Waals surface area contributed by atoms with E-state index in [1.54, 1.807) is 0 Å². The maximum Gasteiger partial charge on any atom is 0.308 e. The van der Waals surface area contributed by atoms with Gasteiger partial charge in [0.1, 0.15) is 0 Å². The van der Waals surface area contributed by atoms with Crippen LogP contribution in [0.15, 0.2) is 0 Å². The standard InChI is InChI=1S/C16H29NO4/c1-3-20-15(18)13-6-8-16(19,9-7-13)12-17(2)11-14-5-4-10-21-14/h13-14,19H,3-12H2,1-2H3. The molecule has 1 atom stereocenters. The van der Waals surface area contributed by atoms with Crippen molar-refractivity contribution in [3.8, 4) is 0 Å². The fourth-order valence-corrected chi connectivity index (χ4v) is 3.51. The minimum atomic E-state index is -0.670. The van der Waals surface area contributed by atoms with Crippen molar-refractivity contribution in [2.75, 3.05) is 33.4 Å². The van der Waals surface area contributed by atoms with Gasteiger partial charge in [0.05, 0.1) is 24.2 Å². The molecule has 1 unspecified atom stereocenters. The Labute approximate surface area is 127 Å². The summed E-state index contributed by atoms with van der Waals surface area (Å²) in [7, 11) is 2.04. The highest BCUT2D eigenvalue weighted by Gasteiger charge is 2.37. The molecule has 0 aromatic heterocycles. The Morgan fingerprint density at radius 3 is 2.67 bits per heavy atom. The van der Waals surface area contributed by atoms with E-state index in [1.165, 1.54) is 0 Å². The second kappa shape index (κ2) is 7.56. The molecule has 21 heavy (non-hydrogen) atoms. The molecule has 0 radical (unpaired) electrons. The van der Waals surface area contributed by atoms with Crippen LogP contribution in [0.4, 0.5) is 0 Å². The third kappa shape index (κ3) is 4.94. The molecule has 0 aromatic carbocycles. The van der Waals surface area contributed by atoms with E-state index in [0.717, 1.165) is 38.8 Å². The average Bonchev–Trinajstić information content (AvgIpc) is 2.92. The van der Waals surface area contributed by atoms with Gasteiger partial charge in [-0.05, 0) is 52.5 Å². The van der Waals surface area contributed by atoms with Gasteiger partial charge in [-0.25, -0.2) is 0 Å². The lowest BCUT2D eigenvalue weighted by molar-refractivity contribution is -0.151. The maximum absolute atomic E-state index is 11.7. The predicted molar refractivity (Wildman–Crippen MR) is 80.0 cm³/mol. The van der Waals surface area contributed by atoms with E-state index in [0.29, 0.717) is 32.1 Å². The fraction of sp³-hybridized carbons (Fsp3) is 0.938. The number of aliphatic hydroxyl groups is 1. The molecule has 122 valence electrons. The van der Waals surface area contributed by atoms with Crippen molar-refractivity contribution in [3.05, 3.63) is 0 Å². The van der Waals surface area contributed by atoms with E-state index >= 15 is 0 Å². The van der Waals surface area contributed by atoms with Crippen LogP contribution in [-0.4, -0.2) is 61.0 Å². The topological polar surface area (TPSA) is 59.0 Å². The van der Waals surface area contributed by atoms with E-state index in [9.17, 15) is 9.90 Å². The quantitative estimate of drug-likeness (QED) is 0.755. The second-order valence-corrected chi connectivity index (χ2v) is 6.58. The molecule has 0 spiro atoms. The SMILES string of the molecule is CCOC(=O)C1CCC(O)(CN(C)CC2CCCO2)CC1. The summed E-state index contributed by atoms with van der Waals surface area (Å²) in [6.45, 7) is 4.66. The molecule has 1 saturated carbocycles. The first kappa shape index (κ1) is 16.7. The monoisotopic (exact) mass is 299 g/mol. The number of likely N-dealkylation sites (N-methyl/N-ethyl adjacent to an activating group) is 1. The first-order valence-corrected chi connectivity index (χ1v) is 8.21. The summed E-state index contributed by atoms with van der Waals surface area (Å²) in [4.78, 5) is 13.9. The summed E-state index contributed by atoms with van der Waals surface area (Å²) in [5, 5.41) is 10.7. The highest BCUT2D eigenvalue weighted by molar-refractivity contribution is 5.72. The highest BCUT2D eigenvalue weighted by Crippen LogP contribution is 2.33. The van der Waals surface area contributed by atoms with Crippen LogP contribution in [0.5, 0.6) is 0 Å². The van der Waals surface area contributed by atoms with Crippen LogP contribution in [0.1, 0.15) is 45.4 Å². The first-order valence-electron chi connectivity index (χ1n) is 8.21. The van der Waals surface area contributed by atoms with E-state index < -0.39 is 5.60 Å². The van der Waals surface area contributed by atoms with E-state index in [2.05, 4.69) is 4.90 Å². The molecule has 2 rings (SSSR count). The van der Waals surface area contributed by atoms with E-state index in [4.69, 9.17) is 9.47 Å². The van der Waals surface area contributed by atoms with Crippen molar-refractivity contribution < 1.29 is 19.4 Å². The Bertz CT molecular complexity index is 333. The van der Waals surface area contributed by atoms with Gasteiger partial charge in [0.15, 0.2) is 0 Å². The number of ether oxygens (including phenoxy) is 2. The summed E-state index contributed by atoms with van der Waals surface area (Å²) < 4.78 is 10.7. The number of rotatable bonds is 6. The lowest BCUT2D eigenvalue weighted by atomic mass is 9.78. The first-order chi connectivity index (χ1) is 10.0. The van der Waals surface area contributed by atoms with Crippen molar-refractivity contribution in [1.29, 1.82) is 0 Å². The van der Waals surface area contributed by atoms with Crippen LogP contribution < -0.4 is 0 Å². The van der Waals surface area contributed by atoms with Gasteiger partial charge in [0.2, 0.25) is 0 Å². The Hall–Kier alpha value is -0.650. The average molecular weight is 299 g/mol. The van der Waals surface area contributed by atoms with Crippen LogP contribution in [0.3, 0.4) is 0 Å². The Balaban J connectivity index is 1.74. The lowest BCUT2D eigenvalue weighted by Crippen LogP contribution is -2.46. The maximum atomic E-state index is 11.7. The molecule has 2 aliphatic rings. The second-order valence-electron chi connectivity index (χ2n) is 6.58. The van der Waals surface area contributed by atoms with Crippen LogP contribution in [0.2, 0.25) is 0 Å². The molecule has 0 aromatic rings. The normalized spacial score (nSPS) is 33.3. The molecule has 0 amide bonds. The molecule has 1 aliphatic carbocycles. The Kier molecular flexibility index (Phi) is 6.02. The number of carbonyl (C=O) groups excluding carboxylic acids is 1. The van der Waals surface area contributed by atoms with Crippen molar-refractivity contribution in [3.63, 3.8) is 0 Å². The minimum Gasteiger partial charge on any atom is -0.466 e. The van der Waals surface area contributed by atoms with Crippen molar-refractivity contribution in [1.82, 2.24) is 4.90 Å². The molecule has 1 aliphatic heterocycles. The van der Waals surface area contributed by atoms with Crippen molar-refractivity contribution in [2.24, 2.45) is 5.92 Å². The van der Waals surface area contributed by atoms with Gasteiger partial charge in [-0.1, -0.05) is 0 Å². The van der Waals surface area contributed by atoms with Gasteiger partial charge in [-0.3, -0.25) is 4.79 Å². The molecule has 1 N–H and O–H groups in total. The van der Waals surface area contributed by atoms with Crippen LogP contribution in [0.25, 0.3) is 0 Å². The van der Waals surface area contributed by atoms with Crippen LogP contribution >= 0.6 is 0 Å². The number of hydrogen-bond donors (Lipinski definition) is 1. The molecule has 1 saturated heterocycles. The van der Waals surface area contributed by atoms with E-state index in [-0.39, 0.29) is 11.9 Å². The molecular weight excluding hydrogens is 270 g/mol. The van der Waals surface area contributed by atoms with Gasteiger partial charge >= 0.3 is 5.97 Å². The highest BCUT2D eigenvalue weighted by atomic mass is 16.5. The third-order valence-electron chi connectivity index (χ3n) is 4.64. The molecule has 5 heteroatoms. The van der Waals surface area contributed by atoms with Gasteiger partial charge in [-0.2, -0.15) is 0 Å². The third-order valence-corrected chi connectivity index (χ3v) is 4.64. The predicted octanol–water partition coefficient (Wildman–Crippen LogP) is 1.58. The van der Waals surface area contributed by atoms with Crippen molar-refractivity contribution in [2.45, 2.75) is 57.2 Å². The number of nitrogens with zero attached hydrogens (tertiary/aromatic N) is 1. The number of esters is 1. The zero-order valence-corrected chi connectivity index (χ0v) is 13.3. The summed E-state index contributed by atoms with van der Waals surface area (Å²) in [5.41, 5.74) is -0.670. The Morgan fingerprint density at radius 2 is 2.10 bits per heavy atom. The molecule has 0 bridgehead atoms. The molecule has 2 fully saturated rings. The van der Waals surface area contributed by atoms with Gasteiger partial charge in [0.25, 0.3) is 0 Å². The van der Waals surface area contributed by atoms with Gasteiger partial charge in [-0.15, -0.1) is 0 Å². The number of hydrogen-bond acceptors (Lipinski definition) is 5. The molecule has 1 heterocycles. The molecular formula is C16H29NO4. The van der Waals surface area contributed by atoms with Gasteiger partial charge in [0, 0.05) is 19.7 Å². The van der Waals surface area contributed by atoms with Gasteiger partial charge < -0.3 is 19.5 Å². The minimum absolute atomic E-state index is 0.0336. The largest absolute Gasteiger partial charge is 0.466 e. The zero-order valence-electron chi connectivity index (χ0n) is 13.3. The summed E-state index contributed by atoms with van der Waals surface area (Å²) >= 11 is 0. The van der Waals surface area contributed by atoms with Crippen LogP contribution in [-0.2, 0) is 14.3 Å². The fourth-order valence-electron chi connectivity index (χ4n) is 3.51. The number of carbonyl (C=O) groups is 1. The summed E-state index contributed by atoms with van der Waals surface area (Å²) in [5.74, 6) is -0.138. The smallest absolute Gasteiger partial charge is 0.308 e. The summed E-state index contributed by atoms with van der Waals surface area (Å²) in [6.07, 6.45) is 5.37. The molecule has 5 nitrogen and oxygen atoms in total. The zero-order chi connectivity index (χ0) is 15.3. The lowest BCUT2D eigenvalue weighted by Gasteiger charge is -2.38.